The minimum atomic E-state index is -3.97. The summed E-state index contributed by atoms with van der Waals surface area (Å²) >= 11 is 1.35. The number of aromatic nitrogens is 1. The number of nitrogens with one attached hydrogen (secondary N) is 2. The quantitative estimate of drug-likeness (QED) is 0.583. The number of nitrogens with zero attached hydrogens (tertiary/aromatic N) is 1. The van der Waals surface area contributed by atoms with Crippen molar-refractivity contribution < 1.29 is 22.7 Å². The SMILES string of the molecule is Cc1ccc2nc(NC(=O)[C@@H](NS(=O)(=O)c3ccc4c(c3)OCCO4)C(C)C)sc2c1. The van der Waals surface area contributed by atoms with Crippen molar-refractivity contribution in [3.63, 3.8) is 0 Å². The number of hydrogen-bond acceptors (Lipinski definition) is 7. The largest absolute Gasteiger partial charge is 0.486 e. The number of aryl methyl sites for hydroxylation is 1. The molecule has 0 unspecified atom stereocenters. The number of rotatable bonds is 6. The second kappa shape index (κ2) is 8.45. The van der Waals surface area contributed by atoms with Gasteiger partial charge in [-0.2, -0.15) is 4.72 Å². The van der Waals surface area contributed by atoms with Crippen LogP contribution in [0.3, 0.4) is 0 Å². The summed E-state index contributed by atoms with van der Waals surface area (Å²) in [5, 5.41) is 3.18. The molecule has 2 aromatic carbocycles. The van der Waals surface area contributed by atoms with E-state index >= 15 is 0 Å². The molecule has 31 heavy (non-hydrogen) atoms. The van der Waals surface area contributed by atoms with Crippen LogP contribution in [-0.2, 0) is 14.8 Å². The van der Waals surface area contributed by atoms with Gasteiger partial charge >= 0.3 is 0 Å². The van der Waals surface area contributed by atoms with Gasteiger partial charge < -0.3 is 14.8 Å². The molecule has 0 radical (unpaired) electrons. The van der Waals surface area contributed by atoms with Gasteiger partial charge in [0, 0.05) is 6.07 Å². The van der Waals surface area contributed by atoms with Crippen molar-refractivity contribution in [2.45, 2.75) is 31.7 Å². The number of fused-ring (bicyclic) bond motifs is 2. The van der Waals surface area contributed by atoms with E-state index in [2.05, 4.69) is 15.0 Å². The number of carbonyl (C=O) groups excluding carboxylic acids is 1. The monoisotopic (exact) mass is 461 g/mol. The molecule has 0 saturated heterocycles. The lowest BCUT2D eigenvalue weighted by atomic mass is 10.1. The maximum absolute atomic E-state index is 13.0. The standard InChI is InChI=1S/C21H23N3O5S2/c1-12(2)19(20(25)23-21-22-15-6-4-13(3)10-18(15)30-21)24-31(26,27)14-5-7-16-17(11-14)29-9-8-28-16/h4-7,10-12,19,24H,8-9H2,1-3H3,(H,22,23,25)/t19-/m0/s1. The number of hydrogen-bond donors (Lipinski definition) is 2. The summed E-state index contributed by atoms with van der Waals surface area (Å²) in [6.45, 7) is 6.30. The second-order valence-corrected chi connectivity index (χ2v) is 10.4. The lowest BCUT2D eigenvalue weighted by Gasteiger charge is -2.22. The van der Waals surface area contributed by atoms with Crippen LogP contribution in [0.4, 0.5) is 5.13 Å². The van der Waals surface area contributed by atoms with E-state index in [1.165, 1.54) is 23.5 Å². The zero-order chi connectivity index (χ0) is 22.2. The van der Waals surface area contributed by atoms with Crippen LogP contribution in [0.15, 0.2) is 41.3 Å². The molecule has 0 bridgehead atoms. The Balaban J connectivity index is 1.54. The molecule has 0 spiro atoms. The highest BCUT2D eigenvalue weighted by atomic mass is 32.2. The van der Waals surface area contributed by atoms with Crippen LogP contribution in [0, 0.1) is 12.8 Å². The minimum Gasteiger partial charge on any atom is -0.486 e. The first-order chi connectivity index (χ1) is 14.7. The van der Waals surface area contributed by atoms with Crippen LogP contribution in [-0.4, -0.2) is 38.6 Å². The molecule has 1 aliphatic rings. The summed E-state index contributed by atoms with van der Waals surface area (Å²) in [4.78, 5) is 17.3. The lowest BCUT2D eigenvalue weighted by Crippen LogP contribution is -2.47. The summed E-state index contributed by atoms with van der Waals surface area (Å²) < 4.78 is 40.3. The van der Waals surface area contributed by atoms with Crippen molar-refractivity contribution in [3.8, 4) is 11.5 Å². The molecule has 1 amide bonds. The van der Waals surface area contributed by atoms with Gasteiger partial charge in [-0.05, 0) is 42.7 Å². The van der Waals surface area contributed by atoms with Gasteiger partial charge in [0.05, 0.1) is 15.1 Å². The molecule has 2 N–H and O–H groups in total. The average molecular weight is 462 g/mol. The maximum atomic E-state index is 13.0. The van der Waals surface area contributed by atoms with Gasteiger partial charge in [-0.3, -0.25) is 4.79 Å². The topological polar surface area (TPSA) is 107 Å². The molecule has 0 saturated carbocycles. The molecule has 1 aliphatic heterocycles. The van der Waals surface area contributed by atoms with E-state index in [0.29, 0.717) is 29.8 Å². The third-order valence-corrected chi connectivity index (χ3v) is 7.20. The molecule has 164 valence electrons. The van der Waals surface area contributed by atoms with Crippen molar-refractivity contribution in [2.75, 3.05) is 18.5 Å². The Morgan fingerprint density at radius 1 is 1.10 bits per heavy atom. The number of amides is 1. The summed E-state index contributed by atoms with van der Waals surface area (Å²) in [5.41, 5.74) is 1.88. The Hall–Kier alpha value is -2.69. The highest BCUT2D eigenvalue weighted by Gasteiger charge is 2.30. The molecule has 2 heterocycles. The van der Waals surface area contributed by atoms with Crippen LogP contribution < -0.4 is 19.5 Å². The zero-order valence-electron chi connectivity index (χ0n) is 17.3. The molecular formula is C21H23N3O5S2. The first-order valence-electron chi connectivity index (χ1n) is 9.83. The van der Waals surface area contributed by atoms with E-state index in [-0.39, 0.29) is 10.8 Å². The lowest BCUT2D eigenvalue weighted by molar-refractivity contribution is -0.118. The Bertz CT molecular complexity index is 1240. The highest BCUT2D eigenvalue weighted by Crippen LogP contribution is 2.32. The van der Waals surface area contributed by atoms with E-state index in [1.54, 1.807) is 19.9 Å². The molecule has 4 rings (SSSR count). The summed E-state index contributed by atoms with van der Waals surface area (Å²) in [6, 6.07) is 9.24. The Kier molecular flexibility index (Phi) is 5.87. The van der Waals surface area contributed by atoms with Gasteiger partial charge in [-0.25, -0.2) is 13.4 Å². The van der Waals surface area contributed by atoms with E-state index < -0.39 is 22.0 Å². The van der Waals surface area contributed by atoms with E-state index in [0.717, 1.165) is 15.8 Å². The van der Waals surface area contributed by atoms with Crippen molar-refractivity contribution in [1.29, 1.82) is 0 Å². The fourth-order valence-electron chi connectivity index (χ4n) is 3.19. The van der Waals surface area contributed by atoms with Crippen LogP contribution >= 0.6 is 11.3 Å². The van der Waals surface area contributed by atoms with Crippen LogP contribution in [0.2, 0.25) is 0 Å². The number of sulfonamides is 1. The number of thiazole rings is 1. The molecule has 0 fully saturated rings. The fraction of sp³-hybridized carbons (Fsp3) is 0.333. The van der Waals surface area contributed by atoms with E-state index in [9.17, 15) is 13.2 Å². The maximum Gasteiger partial charge on any atom is 0.244 e. The van der Waals surface area contributed by atoms with Gasteiger partial charge in [0.2, 0.25) is 15.9 Å². The van der Waals surface area contributed by atoms with E-state index in [4.69, 9.17) is 9.47 Å². The highest BCUT2D eigenvalue weighted by molar-refractivity contribution is 7.89. The first kappa shape index (κ1) is 21.5. The Morgan fingerprint density at radius 2 is 1.84 bits per heavy atom. The zero-order valence-corrected chi connectivity index (χ0v) is 19.0. The minimum absolute atomic E-state index is 0.00524. The number of carbonyl (C=O) groups is 1. The van der Waals surface area contributed by atoms with Crippen LogP contribution in [0.25, 0.3) is 10.2 Å². The average Bonchev–Trinajstić information content (AvgIpc) is 3.12. The Labute approximate surface area is 184 Å². The predicted octanol–water partition coefficient (Wildman–Crippen LogP) is 3.32. The van der Waals surface area contributed by atoms with Crippen molar-refractivity contribution >= 4 is 42.6 Å². The van der Waals surface area contributed by atoms with E-state index in [1.807, 2.05) is 25.1 Å². The smallest absolute Gasteiger partial charge is 0.244 e. The molecule has 1 aromatic heterocycles. The first-order valence-corrected chi connectivity index (χ1v) is 12.1. The third kappa shape index (κ3) is 4.65. The van der Waals surface area contributed by atoms with Crippen molar-refractivity contribution in [3.05, 3.63) is 42.0 Å². The fourth-order valence-corrected chi connectivity index (χ4v) is 5.51. The molecule has 3 aromatic rings. The predicted molar refractivity (Wildman–Crippen MR) is 119 cm³/mol. The normalized spacial score (nSPS) is 14.6. The number of benzene rings is 2. The van der Waals surface area contributed by atoms with Crippen LogP contribution in [0.5, 0.6) is 11.5 Å². The van der Waals surface area contributed by atoms with Crippen molar-refractivity contribution in [2.24, 2.45) is 5.92 Å². The van der Waals surface area contributed by atoms with Crippen LogP contribution in [0.1, 0.15) is 19.4 Å². The molecule has 8 nitrogen and oxygen atoms in total. The molecule has 1 atom stereocenters. The summed E-state index contributed by atoms with van der Waals surface area (Å²) in [6.07, 6.45) is 0. The van der Waals surface area contributed by atoms with Crippen molar-refractivity contribution in [1.82, 2.24) is 9.71 Å². The number of anilines is 1. The number of ether oxygens (including phenoxy) is 2. The molecular weight excluding hydrogens is 438 g/mol. The molecule has 10 heteroatoms. The summed E-state index contributed by atoms with van der Waals surface area (Å²) in [5.74, 6) is 0.106. The summed E-state index contributed by atoms with van der Waals surface area (Å²) in [7, 11) is -3.97. The van der Waals surface area contributed by atoms with Gasteiger partial charge in [0.25, 0.3) is 0 Å². The Morgan fingerprint density at radius 3 is 2.58 bits per heavy atom. The van der Waals surface area contributed by atoms with Gasteiger partial charge in [-0.15, -0.1) is 0 Å². The van der Waals surface area contributed by atoms with Gasteiger partial charge in [0.1, 0.15) is 19.3 Å². The third-order valence-electron chi connectivity index (χ3n) is 4.83. The van der Waals surface area contributed by atoms with Gasteiger partial charge in [-0.1, -0.05) is 31.3 Å². The molecule has 0 aliphatic carbocycles. The second-order valence-electron chi connectivity index (χ2n) is 7.63. The van der Waals surface area contributed by atoms with Gasteiger partial charge in [0.15, 0.2) is 16.6 Å².